The largest absolute Gasteiger partial charge is 0.480 e. The number of para-hydroxylation sites is 1. The molecule has 3 amide bonds. The number of rotatable bonds is 14. The van der Waals surface area contributed by atoms with Crippen LogP contribution in [0.4, 0.5) is 0 Å². The van der Waals surface area contributed by atoms with Gasteiger partial charge in [0.05, 0.1) is 6.04 Å². The average molecular weight is 564 g/mol. The molecule has 10 nitrogen and oxygen atoms in total. The first kappa shape index (κ1) is 31.3. The maximum absolute atomic E-state index is 13.7. The Balaban J connectivity index is 1.90. The first-order chi connectivity index (χ1) is 19.5. The number of nitrogens with one attached hydrogen (secondary N) is 4. The molecule has 0 bridgehead atoms. The number of amides is 3. The Labute approximate surface area is 240 Å². The zero-order valence-corrected chi connectivity index (χ0v) is 24.0. The van der Waals surface area contributed by atoms with E-state index in [9.17, 15) is 24.3 Å². The molecule has 4 unspecified atom stereocenters. The predicted octanol–water partition coefficient (Wildman–Crippen LogP) is 2.52. The number of hydrogen-bond acceptors (Lipinski definition) is 5. The molecule has 0 aliphatic heterocycles. The third-order valence-corrected chi connectivity index (χ3v) is 6.99. The van der Waals surface area contributed by atoms with Crippen LogP contribution in [0.1, 0.15) is 45.2 Å². The average Bonchev–Trinajstić information content (AvgIpc) is 3.34. The number of benzene rings is 2. The van der Waals surface area contributed by atoms with Crippen molar-refractivity contribution in [1.29, 1.82) is 0 Å². The Morgan fingerprint density at radius 2 is 1.34 bits per heavy atom. The molecule has 1 aromatic heterocycles. The number of fused-ring (bicyclic) bond motifs is 1. The number of carbonyl (C=O) groups is 4. The van der Waals surface area contributed by atoms with E-state index in [2.05, 4.69) is 20.9 Å². The fourth-order valence-electron chi connectivity index (χ4n) is 4.60. The van der Waals surface area contributed by atoms with E-state index in [0.717, 1.165) is 22.0 Å². The Morgan fingerprint density at radius 1 is 0.780 bits per heavy atom. The topological polar surface area (TPSA) is 166 Å². The minimum Gasteiger partial charge on any atom is -0.480 e. The highest BCUT2D eigenvalue weighted by Gasteiger charge is 2.31. The maximum atomic E-state index is 13.7. The van der Waals surface area contributed by atoms with E-state index in [-0.39, 0.29) is 31.1 Å². The van der Waals surface area contributed by atoms with Gasteiger partial charge in [0.1, 0.15) is 18.1 Å². The van der Waals surface area contributed by atoms with Gasteiger partial charge in [-0.05, 0) is 35.4 Å². The monoisotopic (exact) mass is 563 g/mol. The summed E-state index contributed by atoms with van der Waals surface area (Å²) in [5.74, 6) is -2.95. The standard InChI is InChI=1S/C31H41N5O5/c1-18(2)14-26(31(40)41)36-29(38)25(16-21-17-33-23-13-9-8-12-22(21)23)34-28(37)24(15-20-10-6-5-7-11-20)35-30(39)27(32)19(3)4/h5-13,17-19,24-27,33H,14-16,32H2,1-4H3,(H,34,37)(H,35,39)(H,36,38)(H,40,41). The second-order valence-electron chi connectivity index (χ2n) is 11.2. The van der Waals surface area contributed by atoms with Crippen LogP contribution >= 0.6 is 0 Å². The summed E-state index contributed by atoms with van der Waals surface area (Å²) in [5.41, 5.74) is 8.51. The van der Waals surface area contributed by atoms with Crippen LogP contribution in [0.3, 0.4) is 0 Å². The van der Waals surface area contributed by atoms with E-state index < -0.39 is 47.9 Å². The lowest BCUT2D eigenvalue weighted by atomic mass is 9.99. The van der Waals surface area contributed by atoms with Crippen molar-refractivity contribution in [3.63, 3.8) is 0 Å². The first-order valence-corrected chi connectivity index (χ1v) is 13.9. The molecule has 3 aromatic rings. The number of carbonyl (C=O) groups excluding carboxylic acids is 3. The Kier molecular flexibility index (Phi) is 11.0. The molecule has 41 heavy (non-hydrogen) atoms. The number of aliphatic carboxylic acids is 1. The summed E-state index contributed by atoms with van der Waals surface area (Å²) in [7, 11) is 0. The predicted molar refractivity (Wildman–Crippen MR) is 158 cm³/mol. The molecule has 0 radical (unpaired) electrons. The molecule has 0 saturated carbocycles. The molecule has 0 spiro atoms. The first-order valence-electron chi connectivity index (χ1n) is 13.9. The van der Waals surface area contributed by atoms with Gasteiger partial charge in [-0.1, -0.05) is 76.2 Å². The molecule has 0 aliphatic carbocycles. The van der Waals surface area contributed by atoms with E-state index in [1.807, 2.05) is 82.3 Å². The minimum absolute atomic E-state index is 0.0219. The molecule has 220 valence electrons. The summed E-state index contributed by atoms with van der Waals surface area (Å²) in [5, 5.41) is 18.8. The Morgan fingerprint density at radius 3 is 1.95 bits per heavy atom. The number of aromatic nitrogens is 1. The molecule has 4 atom stereocenters. The smallest absolute Gasteiger partial charge is 0.326 e. The lowest BCUT2D eigenvalue weighted by Crippen LogP contribution is -2.58. The van der Waals surface area contributed by atoms with Crippen molar-refractivity contribution >= 4 is 34.6 Å². The van der Waals surface area contributed by atoms with Gasteiger partial charge in [0, 0.05) is 29.9 Å². The number of aromatic amines is 1. The van der Waals surface area contributed by atoms with E-state index in [1.54, 1.807) is 6.20 Å². The molecule has 1 heterocycles. The fraction of sp³-hybridized carbons (Fsp3) is 0.419. The van der Waals surface area contributed by atoms with Crippen molar-refractivity contribution in [3.05, 3.63) is 71.9 Å². The van der Waals surface area contributed by atoms with Crippen LogP contribution in [0.25, 0.3) is 10.9 Å². The quantitative estimate of drug-likeness (QED) is 0.176. The molecular weight excluding hydrogens is 522 g/mol. The van der Waals surface area contributed by atoms with Crippen molar-refractivity contribution in [3.8, 4) is 0 Å². The molecule has 10 heteroatoms. The summed E-state index contributed by atoms with van der Waals surface area (Å²) in [6.07, 6.45) is 2.28. The summed E-state index contributed by atoms with van der Waals surface area (Å²) in [6, 6.07) is 12.7. The molecule has 2 aromatic carbocycles. The summed E-state index contributed by atoms with van der Waals surface area (Å²) < 4.78 is 0. The zero-order chi connectivity index (χ0) is 30.1. The maximum Gasteiger partial charge on any atom is 0.326 e. The number of carboxylic acids is 1. The highest BCUT2D eigenvalue weighted by atomic mass is 16.4. The number of nitrogens with two attached hydrogens (primary N) is 1. The van der Waals surface area contributed by atoms with E-state index in [4.69, 9.17) is 5.73 Å². The van der Waals surface area contributed by atoms with E-state index in [0.29, 0.717) is 0 Å². The third-order valence-electron chi connectivity index (χ3n) is 6.99. The molecule has 3 rings (SSSR count). The number of hydrogen-bond donors (Lipinski definition) is 6. The lowest BCUT2D eigenvalue weighted by Gasteiger charge is -2.26. The van der Waals surface area contributed by atoms with Gasteiger partial charge in [-0.25, -0.2) is 4.79 Å². The Hall–Kier alpha value is -4.18. The highest BCUT2D eigenvalue weighted by Crippen LogP contribution is 2.20. The van der Waals surface area contributed by atoms with Crippen molar-refractivity contribution in [1.82, 2.24) is 20.9 Å². The summed E-state index contributed by atoms with van der Waals surface area (Å²) in [4.78, 5) is 55.2. The molecular formula is C31H41N5O5. The lowest BCUT2D eigenvalue weighted by molar-refractivity contribution is -0.142. The number of H-pyrrole nitrogens is 1. The molecule has 0 fully saturated rings. The van der Waals surface area contributed by atoms with Crippen LogP contribution in [0, 0.1) is 11.8 Å². The zero-order valence-electron chi connectivity index (χ0n) is 24.0. The van der Waals surface area contributed by atoms with Gasteiger partial charge in [-0.15, -0.1) is 0 Å². The van der Waals surface area contributed by atoms with Crippen molar-refractivity contribution in [2.75, 3.05) is 0 Å². The van der Waals surface area contributed by atoms with E-state index >= 15 is 0 Å². The van der Waals surface area contributed by atoms with Gasteiger partial charge in [-0.3, -0.25) is 14.4 Å². The second kappa shape index (κ2) is 14.5. The molecule has 0 aliphatic rings. The fourth-order valence-corrected chi connectivity index (χ4v) is 4.60. The van der Waals surface area contributed by atoms with Crippen LogP contribution in [0.15, 0.2) is 60.8 Å². The second-order valence-corrected chi connectivity index (χ2v) is 11.2. The van der Waals surface area contributed by atoms with Crippen molar-refractivity contribution < 1.29 is 24.3 Å². The summed E-state index contributed by atoms with van der Waals surface area (Å²) >= 11 is 0. The van der Waals surface area contributed by atoms with Crippen LogP contribution in [-0.2, 0) is 32.0 Å². The molecule has 0 saturated heterocycles. The number of carboxylic acid groups (broad SMARTS) is 1. The molecule has 7 N–H and O–H groups in total. The third kappa shape index (κ3) is 8.91. The van der Waals surface area contributed by atoms with Gasteiger partial charge in [-0.2, -0.15) is 0 Å². The van der Waals surface area contributed by atoms with Gasteiger partial charge in [0.15, 0.2) is 0 Å². The van der Waals surface area contributed by atoms with Crippen LogP contribution in [0.5, 0.6) is 0 Å². The minimum atomic E-state index is -1.15. The SMILES string of the molecule is CC(C)CC(NC(=O)C(Cc1c[nH]c2ccccc12)NC(=O)C(Cc1ccccc1)NC(=O)C(N)C(C)C)C(=O)O. The highest BCUT2D eigenvalue weighted by molar-refractivity contribution is 5.95. The van der Waals surface area contributed by atoms with Gasteiger partial charge in [0.2, 0.25) is 17.7 Å². The summed E-state index contributed by atoms with van der Waals surface area (Å²) in [6.45, 7) is 7.36. The Bertz CT molecular complexity index is 1340. The van der Waals surface area contributed by atoms with Gasteiger partial charge >= 0.3 is 5.97 Å². The van der Waals surface area contributed by atoms with Crippen LogP contribution in [0.2, 0.25) is 0 Å². The van der Waals surface area contributed by atoms with Crippen molar-refractivity contribution in [2.45, 2.75) is 71.1 Å². The van der Waals surface area contributed by atoms with Gasteiger partial charge < -0.3 is 31.8 Å². The van der Waals surface area contributed by atoms with Crippen LogP contribution < -0.4 is 21.7 Å². The normalized spacial score (nSPS) is 14.3. The van der Waals surface area contributed by atoms with Crippen molar-refractivity contribution in [2.24, 2.45) is 17.6 Å². The van der Waals surface area contributed by atoms with Gasteiger partial charge in [0.25, 0.3) is 0 Å². The van der Waals surface area contributed by atoms with Crippen LogP contribution in [-0.4, -0.2) is 57.9 Å². The van der Waals surface area contributed by atoms with E-state index in [1.165, 1.54) is 0 Å².